The molecular weight excluding hydrogens is 231 g/mol. The van der Waals surface area contributed by atoms with E-state index >= 15 is 0 Å². The summed E-state index contributed by atoms with van der Waals surface area (Å²) in [6.07, 6.45) is -1.80. The monoisotopic (exact) mass is 243 g/mol. The maximum atomic E-state index is 12.5. The molecule has 2 rings (SSSR count). The van der Waals surface area contributed by atoms with Crippen LogP contribution in [0.2, 0.25) is 0 Å². The van der Waals surface area contributed by atoms with E-state index in [2.05, 4.69) is 5.32 Å². The van der Waals surface area contributed by atoms with Gasteiger partial charge in [-0.1, -0.05) is 6.07 Å². The summed E-state index contributed by atoms with van der Waals surface area (Å²) >= 11 is 0. The lowest BCUT2D eigenvalue weighted by molar-refractivity contribution is -0.137. The number of benzene rings is 1. The Hall–Kier alpha value is -1.49. The minimum absolute atomic E-state index is 0.230. The molecule has 0 aromatic heterocycles. The van der Waals surface area contributed by atoms with Gasteiger partial charge in [-0.15, -0.1) is 0 Å². The van der Waals surface area contributed by atoms with Crippen LogP contribution in [0.3, 0.4) is 0 Å². The SMILES string of the molecule is FC(F)(F)c1cccc(OC2=CCNCC2)c1. The van der Waals surface area contributed by atoms with Crippen LogP contribution in [0.25, 0.3) is 0 Å². The molecule has 1 aromatic carbocycles. The Morgan fingerprint density at radius 1 is 1.24 bits per heavy atom. The number of nitrogens with one attached hydrogen (secondary N) is 1. The Labute approximate surface area is 97.1 Å². The fourth-order valence-electron chi connectivity index (χ4n) is 1.58. The molecule has 0 aliphatic carbocycles. The van der Waals surface area contributed by atoms with Gasteiger partial charge in [0.2, 0.25) is 0 Å². The molecule has 1 heterocycles. The highest BCUT2D eigenvalue weighted by Crippen LogP contribution is 2.31. The van der Waals surface area contributed by atoms with Gasteiger partial charge in [-0.2, -0.15) is 13.2 Å². The summed E-state index contributed by atoms with van der Waals surface area (Å²) in [4.78, 5) is 0. The first-order valence-corrected chi connectivity index (χ1v) is 5.30. The third-order valence-electron chi connectivity index (χ3n) is 2.43. The maximum absolute atomic E-state index is 12.5. The number of rotatable bonds is 2. The standard InChI is InChI=1S/C12H12F3NO/c13-12(14,15)9-2-1-3-11(8-9)17-10-4-6-16-7-5-10/h1-4,8,16H,5-7H2. The van der Waals surface area contributed by atoms with E-state index in [1.54, 1.807) is 0 Å². The van der Waals surface area contributed by atoms with Crippen LogP contribution in [0.5, 0.6) is 5.75 Å². The predicted octanol–water partition coefficient (Wildman–Crippen LogP) is 2.96. The minimum atomic E-state index is -4.33. The van der Waals surface area contributed by atoms with Crippen LogP contribution in [-0.2, 0) is 6.18 Å². The van der Waals surface area contributed by atoms with Gasteiger partial charge in [0.15, 0.2) is 0 Å². The molecule has 0 atom stereocenters. The van der Waals surface area contributed by atoms with Gasteiger partial charge < -0.3 is 10.1 Å². The number of alkyl halides is 3. The summed E-state index contributed by atoms with van der Waals surface area (Å²) < 4.78 is 42.8. The van der Waals surface area contributed by atoms with Crippen LogP contribution in [0.4, 0.5) is 13.2 Å². The number of hydrogen-bond donors (Lipinski definition) is 1. The highest BCUT2D eigenvalue weighted by Gasteiger charge is 2.30. The van der Waals surface area contributed by atoms with Gasteiger partial charge >= 0.3 is 6.18 Å². The summed E-state index contributed by atoms with van der Waals surface area (Å²) in [6.45, 7) is 1.47. The second-order valence-corrected chi connectivity index (χ2v) is 3.75. The van der Waals surface area contributed by atoms with Crippen LogP contribution < -0.4 is 10.1 Å². The van der Waals surface area contributed by atoms with Crippen LogP contribution in [0, 0.1) is 0 Å². The summed E-state index contributed by atoms with van der Waals surface area (Å²) in [5.74, 6) is 0.941. The summed E-state index contributed by atoms with van der Waals surface area (Å²) in [5.41, 5.74) is -0.690. The van der Waals surface area contributed by atoms with Gasteiger partial charge in [-0.25, -0.2) is 0 Å². The van der Waals surface area contributed by atoms with Crippen LogP contribution in [-0.4, -0.2) is 13.1 Å². The van der Waals surface area contributed by atoms with Gasteiger partial charge in [-0.05, 0) is 24.3 Å². The van der Waals surface area contributed by atoms with Crippen LogP contribution >= 0.6 is 0 Å². The molecule has 92 valence electrons. The topological polar surface area (TPSA) is 21.3 Å². The molecule has 0 radical (unpaired) electrons. The Morgan fingerprint density at radius 3 is 2.71 bits per heavy atom. The largest absolute Gasteiger partial charge is 0.462 e. The summed E-state index contributed by atoms with van der Waals surface area (Å²) in [5, 5.41) is 3.10. The molecule has 1 N–H and O–H groups in total. The van der Waals surface area contributed by atoms with Gasteiger partial charge in [0.1, 0.15) is 11.5 Å². The Kier molecular flexibility index (Phi) is 3.38. The second kappa shape index (κ2) is 4.79. The highest BCUT2D eigenvalue weighted by atomic mass is 19.4. The Bertz CT molecular complexity index is 426. The molecule has 5 heteroatoms. The molecule has 2 nitrogen and oxygen atoms in total. The predicted molar refractivity (Wildman–Crippen MR) is 57.6 cm³/mol. The minimum Gasteiger partial charge on any atom is -0.462 e. The van der Waals surface area contributed by atoms with Crippen LogP contribution in [0.1, 0.15) is 12.0 Å². The first kappa shape index (κ1) is 12.0. The Morgan fingerprint density at radius 2 is 2.06 bits per heavy atom. The molecule has 0 saturated carbocycles. The van der Waals surface area contributed by atoms with Crippen molar-refractivity contribution in [2.45, 2.75) is 12.6 Å². The van der Waals surface area contributed by atoms with E-state index in [4.69, 9.17) is 4.74 Å². The molecule has 0 saturated heterocycles. The number of halogens is 3. The first-order valence-electron chi connectivity index (χ1n) is 5.30. The third-order valence-corrected chi connectivity index (χ3v) is 2.43. The van der Waals surface area contributed by atoms with Gasteiger partial charge in [-0.3, -0.25) is 0 Å². The van der Waals surface area contributed by atoms with Gasteiger partial charge in [0, 0.05) is 19.5 Å². The van der Waals surface area contributed by atoms with E-state index in [0.29, 0.717) is 18.7 Å². The Balaban J connectivity index is 2.14. The molecule has 0 amide bonds. The van der Waals surface area contributed by atoms with Crippen LogP contribution in [0.15, 0.2) is 36.1 Å². The van der Waals surface area contributed by atoms with Crippen molar-refractivity contribution in [3.8, 4) is 5.75 Å². The summed E-state index contributed by atoms with van der Waals surface area (Å²) in [6, 6.07) is 4.92. The highest BCUT2D eigenvalue weighted by molar-refractivity contribution is 5.31. The zero-order chi connectivity index (χ0) is 12.3. The zero-order valence-corrected chi connectivity index (χ0v) is 9.05. The fourth-order valence-corrected chi connectivity index (χ4v) is 1.58. The van der Waals surface area contributed by atoms with Crippen molar-refractivity contribution in [3.63, 3.8) is 0 Å². The summed E-state index contributed by atoms with van der Waals surface area (Å²) in [7, 11) is 0. The van der Waals surface area contributed by atoms with Crippen molar-refractivity contribution < 1.29 is 17.9 Å². The lowest BCUT2D eigenvalue weighted by Crippen LogP contribution is -2.22. The molecule has 17 heavy (non-hydrogen) atoms. The average Bonchev–Trinajstić information content (AvgIpc) is 2.29. The van der Waals surface area contributed by atoms with Crippen molar-refractivity contribution in [1.82, 2.24) is 5.32 Å². The second-order valence-electron chi connectivity index (χ2n) is 3.75. The van der Waals surface area contributed by atoms with Crippen molar-refractivity contribution in [3.05, 3.63) is 41.7 Å². The normalized spacial score (nSPS) is 16.5. The maximum Gasteiger partial charge on any atom is 0.416 e. The molecule has 1 aromatic rings. The lowest BCUT2D eigenvalue weighted by Gasteiger charge is -2.16. The third kappa shape index (κ3) is 3.23. The molecule has 1 aliphatic heterocycles. The number of hydrogen-bond acceptors (Lipinski definition) is 2. The van der Waals surface area contributed by atoms with E-state index in [1.807, 2.05) is 6.08 Å². The lowest BCUT2D eigenvalue weighted by atomic mass is 10.2. The molecule has 1 aliphatic rings. The fraction of sp³-hybridized carbons (Fsp3) is 0.333. The van der Waals surface area contributed by atoms with Gasteiger partial charge in [0.05, 0.1) is 5.56 Å². The first-order chi connectivity index (χ1) is 8.05. The average molecular weight is 243 g/mol. The van der Waals surface area contributed by atoms with Crippen molar-refractivity contribution in [1.29, 1.82) is 0 Å². The van der Waals surface area contributed by atoms with Crippen molar-refractivity contribution >= 4 is 0 Å². The van der Waals surface area contributed by atoms with Gasteiger partial charge in [0.25, 0.3) is 0 Å². The quantitative estimate of drug-likeness (QED) is 0.862. The van der Waals surface area contributed by atoms with E-state index in [-0.39, 0.29) is 5.75 Å². The van der Waals surface area contributed by atoms with Crippen molar-refractivity contribution in [2.24, 2.45) is 0 Å². The van der Waals surface area contributed by atoms with E-state index in [0.717, 1.165) is 18.7 Å². The van der Waals surface area contributed by atoms with E-state index < -0.39 is 11.7 Å². The van der Waals surface area contributed by atoms with Crippen molar-refractivity contribution in [2.75, 3.05) is 13.1 Å². The molecule has 0 fully saturated rings. The molecule has 0 bridgehead atoms. The molecule has 0 unspecified atom stereocenters. The van der Waals surface area contributed by atoms with E-state index in [1.165, 1.54) is 12.1 Å². The zero-order valence-electron chi connectivity index (χ0n) is 9.05. The molecule has 0 spiro atoms. The smallest absolute Gasteiger partial charge is 0.416 e. The van der Waals surface area contributed by atoms with E-state index in [9.17, 15) is 13.2 Å². The molecular formula is C12H12F3NO. The number of ether oxygens (including phenoxy) is 1.